The van der Waals surface area contributed by atoms with Crippen LogP contribution in [0.2, 0.25) is 0 Å². The highest BCUT2D eigenvalue weighted by Gasteiger charge is 2.22. The Labute approximate surface area is 350 Å². The van der Waals surface area contributed by atoms with Crippen LogP contribution in [0.4, 0.5) is 0 Å². The van der Waals surface area contributed by atoms with Crippen molar-refractivity contribution in [2.75, 3.05) is 0 Å². The van der Waals surface area contributed by atoms with Gasteiger partial charge in [-0.15, -0.1) is 0 Å². The van der Waals surface area contributed by atoms with E-state index in [-0.39, 0.29) is 5.92 Å². The summed E-state index contributed by atoms with van der Waals surface area (Å²) in [5.41, 5.74) is 17.6. The van der Waals surface area contributed by atoms with Crippen molar-refractivity contribution in [3.8, 4) is 55.6 Å². The van der Waals surface area contributed by atoms with E-state index >= 15 is 0 Å². The molecule has 1 aromatic heterocycles. The van der Waals surface area contributed by atoms with Gasteiger partial charge in [0.15, 0.2) is 0 Å². The molecule has 0 radical (unpaired) electrons. The van der Waals surface area contributed by atoms with Crippen molar-refractivity contribution in [1.29, 1.82) is 0 Å². The van der Waals surface area contributed by atoms with Crippen molar-refractivity contribution in [3.05, 3.63) is 253 Å². The minimum atomic E-state index is -0.000796. The fourth-order valence-corrected chi connectivity index (χ4v) is 9.06. The predicted molar refractivity (Wildman–Crippen MR) is 252 cm³/mol. The Morgan fingerprint density at radius 3 is 1.45 bits per heavy atom. The summed E-state index contributed by atoms with van der Waals surface area (Å²) in [6.07, 6.45) is 0. The summed E-state index contributed by atoms with van der Waals surface area (Å²) in [4.78, 5) is 0. The quantitative estimate of drug-likeness (QED) is 0.140. The molecular weight excluding hydrogens is 725 g/mol. The standard InChI is InChI=1S/C59H40O/c1-3-13-40(14-4-1)41-25-27-42(28-26-41)43-31-35-47(36-32-43)58(55-38-37-50(45-15-5-2-6-16-45)52-19-7-8-20-53(52)55)49-18-11-17-48(39-49)44-29-33-46(34-30-44)51-22-12-23-56-54-21-9-10-24-57(54)60-59(51)56/h1-39,58H. The highest BCUT2D eigenvalue weighted by atomic mass is 16.3. The molecule has 11 aromatic rings. The molecule has 0 aliphatic carbocycles. The summed E-state index contributed by atoms with van der Waals surface area (Å²) < 4.78 is 6.40. The highest BCUT2D eigenvalue weighted by Crippen LogP contribution is 2.42. The van der Waals surface area contributed by atoms with Crippen LogP contribution in [0.25, 0.3) is 88.3 Å². The third-order valence-corrected chi connectivity index (χ3v) is 12.1. The Bertz CT molecular complexity index is 3270. The molecular formula is C59H40O. The summed E-state index contributed by atoms with van der Waals surface area (Å²) in [5.74, 6) is -0.000796. The molecule has 0 aliphatic heterocycles. The van der Waals surface area contributed by atoms with E-state index in [1.165, 1.54) is 72.0 Å². The fraction of sp³-hybridized carbons (Fsp3) is 0.0169. The van der Waals surface area contributed by atoms with Gasteiger partial charge in [0.25, 0.3) is 0 Å². The zero-order valence-electron chi connectivity index (χ0n) is 33.0. The molecule has 1 heteroatoms. The van der Waals surface area contributed by atoms with E-state index in [4.69, 9.17) is 4.42 Å². The maximum Gasteiger partial charge on any atom is 0.143 e. The van der Waals surface area contributed by atoms with E-state index in [9.17, 15) is 0 Å². The zero-order chi connectivity index (χ0) is 39.8. The Balaban J connectivity index is 0.991. The molecule has 1 nitrogen and oxygen atoms in total. The number of para-hydroxylation sites is 2. The molecule has 1 atom stereocenters. The number of hydrogen-bond acceptors (Lipinski definition) is 1. The first-order valence-electron chi connectivity index (χ1n) is 20.7. The van der Waals surface area contributed by atoms with Crippen LogP contribution < -0.4 is 0 Å². The maximum absolute atomic E-state index is 6.40. The molecule has 0 aliphatic rings. The van der Waals surface area contributed by atoms with E-state index in [1.807, 2.05) is 12.1 Å². The summed E-state index contributed by atoms with van der Waals surface area (Å²) in [6, 6.07) is 85.7. The van der Waals surface area contributed by atoms with Gasteiger partial charge in [-0.05, 0) is 83.6 Å². The molecule has 60 heavy (non-hydrogen) atoms. The van der Waals surface area contributed by atoms with Crippen molar-refractivity contribution < 1.29 is 4.42 Å². The largest absolute Gasteiger partial charge is 0.455 e. The molecule has 0 bridgehead atoms. The fourth-order valence-electron chi connectivity index (χ4n) is 9.06. The van der Waals surface area contributed by atoms with Crippen LogP contribution in [0.5, 0.6) is 0 Å². The van der Waals surface area contributed by atoms with Gasteiger partial charge in [-0.1, -0.05) is 231 Å². The molecule has 10 aromatic carbocycles. The third kappa shape index (κ3) is 6.47. The Morgan fingerprint density at radius 1 is 0.267 bits per heavy atom. The smallest absolute Gasteiger partial charge is 0.143 e. The predicted octanol–water partition coefficient (Wildman–Crippen LogP) is 16.3. The van der Waals surface area contributed by atoms with E-state index in [1.54, 1.807) is 0 Å². The molecule has 0 N–H and O–H groups in total. The molecule has 0 amide bonds. The minimum absolute atomic E-state index is 0.000796. The summed E-state index contributed by atoms with van der Waals surface area (Å²) in [5, 5.41) is 4.81. The molecule has 1 heterocycles. The number of furan rings is 1. The Kier molecular flexibility index (Phi) is 8.98. The van der Waals surface area contributed by atoms with Crippen molar-refractivity contribution in [2.45, 2.75) is 5.92 Å². The van der Waals surface area contributed by atoms with Crippen molar-refractivity contribution in [2.24, 2.45) is 0 Å². The van der Waals surface area contributed by atoms with Gasteiger partial charge in [-0.2, -0.15) is 0 Å². The summed E-state index contributed by atoms with van der Waals surface area (Å²) >= 11 is 0. The van der Waals surface area contributed by atoms with Crippen LogP contribution >= 0.6 is 0 Å². The average molecular weight is 765 g/mol. The summed E-state index contributed by atoms with van der Waals surface area (Å²) in [6.45, 7) is 0. The second-order valence-electron chi connectivity index (χ2n) is 15.6. The first-order valence-corrected chi connectivity index (χ1v) is 20.7. The van der Waals surface area contributed by atoms with Crippen LogP contribution in [0, 0.1) is 0 Å². The first kappa shape index (κ1) is 35.4. The van der Waals surface area contributed by atoms with E-state index in [0.717, 1.165) is 33.1 Å². The second kappa shape index (κ2) is 15.2. The molecule has 0 saturated carbocycles. The Hall–Kier alpha value is -7.74. The van der Waals surface area contributed by atoms with Gasteiger partial charge in [-0.3, -0.25) is 0 Å². The van der Waals surface area contributed by atoms with Gasteiger partial charge in [0, 0.05) is 22.3 Å². The van der Waals surface area contributed by atoms with Crippen LogP contribution in [0.3, 0.4) is 0 Å². The van der Waals surface area contributed by atoms with Crippen molar-refractivity contribution >= 4 is 32.7 Å². The lowest BCUT2D eigenvalue weighted by molar-refractivity contribution is 0.670. The van der Waals surface area contributed by atoms with Crippen LogP contribution in [0.1, 0.15) is 22.6 Å². The lowest BCUT2D eigenvalue weighted by atomic mass is 9.80. The summed E-state index contributed by atoms with van der Waals surface area (Å²) in [7, 11) is 0. The number of rotatable bonds is 8. The van der Waals surface area contributed by atoms with Crippen molar-refractivity contribution in [3.63, 3.8) is 0 Å². The lowest BCUT2D eigenvalue weighted by Gasteiger charge is -2.23. The van der Waals surface area contributed by atoms with Gasteiger partial charge >= 0.3 is 0 Å². The molecule has 0 saturated heterocycles. The Morgan fingerprint density at radius 2 is 0.750 bits per heavy atom. The molecule has 282 valence electrons. The number of benzene rings is 10. The van der Waals surface area contributed by atoms with Gasteiger partial charge in [0.05, 0.1) is 0 Å². The SMILES string of the molecule is c1ccc(-c2ccc(-c3ccc(C(c4cccc(-c5ccc(-c6cccc7c6oc6ccccc67)cc5)c4)c4ccc(-c5ccccc5)c5ccccc45)cc3)cc2)cc1. The van der Waals surface area contributed by atoms with Crippen LogP contribution in [-0.4, -0.2) is 0 Å². The third-order valence-electron chi connectivity index (χ3n) is 12.1. The first-order chi connectivity index (χ1) is 29.7. The monoisotopic (exact) mass is 764 g/mol. The lowest BCUT2D eigenvalue weighted by Crippen LogP contribution is -2.05. The van der Waals surface area contributed by atoms with Gasteiger partial charge in [0.2, 0.25) is 0 Å². The van der Waals surface area contributed by atoms with Gasteiger partial charge < -0.3 is 4.42 Å². The zero-order valence-corrected chi connectivity index (χ0v) is 33.0. The molecule has 0 spiro atoms. The minimum Gasteiger partial charge on any atom is -0.455 e. The van der Waals surface area contributed by atoms with E-state index in [2.05, 4.69) is 224 Å². The van der Waals surface area contributed by atoms with Crippen LogP contribution in [0.15, 0.2) is 241 Å². The topological polar surface area (TPSA) is 13.1 Å². The highest BCUT2D eigenvalue weighted by molar-refractivity contribution is 6.09. The number of fused-ring (bicyclic) bond motifs is 4. The van der Waals surface area contributed by atoms with Gasteiger partial charge in [-0.25, -0.2) is 0 Å². The average Bonchev–Trinajstić information content (AvgIpc) is 3.72. The van der Waals surface area contributed by atoms with E-state index in [0.29, 0.717) is 0 Å². The second-order valence-corrected chi connectivity index (χ2v) is 15.6. The molecule has 11 rings (SSSR count). The molecule has 0 fully saturated rings. The van der Waals surface area contributed by atoms with Crippen molar-refractivity contribution in [1.82, 2.24) is 0 Å². The molecule has 1 unspecified atom stereocenters. The van der Waals surface area contributed by atoms with Crippen LogP contribution in [-0.2, 0) is 0 Å². The number of hydrogen-bond donors (Lipinski definition) is 0. The normalized spacial score (nSPS) is 11.9. The van der Waals surface area contributed by atoms with E-state index < -0.39 is 0 Å². The van der Waals surface area contributed by atoms with Gasteiger partial charge in [0.1, 0.15) is 11.2 Å². The maximum atomic E-state index is 6.40.